The third-order valence-electron chi connectivity index (χ3n) is 5.44. The van der Waals surface area contributed by atoms with Crippen LogP contribution in [-0.2, 0) is 6.42 Å². The zero-order valence-corrected chi connectivity index (χ0v) is 13.0. The lowest BCUT2D eigenvalue weighted by Gasteiger charge is -2.26. The van der Waals surface area contributed by atoms with Crippen molar-refractivity contribution in [2.24, 2.45) is 17.8 Å². The van der Waals surface area contributed by atoms with Crippen LogP contribution in [0, 0.1) is 17.8 Å². The van der Waals surface area contributed by atoms with Gasteiger partial charge in [-0.05, 0) is 68.5 Å². The average molecular weight is 275 g/mol. The molecule has 2 aliphatic carbocycles. The van der Waals surface area contributed by atoms with Crippen molar-refractivity contribution in [3.63, 3.8) is 0 Å². The fraction of sp³-hybridized carbons (Fsp3) is 0.778. The van der Waals surface area contributed by atoms with Gasteiger partial charge in [0.25, 0.3) is 0 Å². The predicted molar refractivity (Wildman–Crippen MR) is 82.7 cm³/mol. The minimum atomic E-state index is 0.430. The van der Waals surface area contributed by atoms with Gasteiger partial charge in [-0.3, -0.25) is 0 Å². The number of rotatable bonds is 7. The Hall–Kier alpha value is -0.760. The van der Waals surface area contributed by atoms with Crippen molar-refractivity contribution >= 4 is 0 Å². The summed E-state index contributed by atoms with van der Waals surface area (Å²) in [5, 5.41) is 3.72. The third kappa shape index (κ3) is 2.95. The molecule has 0 radical (unpaired) electrons. The highest BCUT2D eigenvalue weighted by atomic mass is 16.3. The molecule has 20 heavy (non-hydrogen) atoms. The fourth-order valence-corrected chi connectivity index (χ4v) is 4.36. The Kier molecular flexibility index (Phi) is 4.50. The molecule has 2 fully saturated rings. The van der Waals surface area contributed by atoms with Gasteiger partial charge in [0.2, 0.25) is 0 Å². The molecule has 0 amide bonds. The highest BCUT2D eigenvalue weighted by Gasteiger charge is 2.40. The smallest absolute Gasteiger partial charge is 0.121 e. The second-order valence-corrected chi connectivity index (χ2v) is 6.83. The average Bonchev–Trinajstić information content (AvgIpc) is 3.18. The highest BCUT2D eigenvalue weighted by Crippen LogP contribution is 2.51. The van der Waals surface area contributed by atoms with Crippen molar-refractivity contribution in [1.29, 1.82) is 0 Å². The number of furan rings is 1. The first-order valence-corrected chi connectivity index (χ1v) is 8.62. The van der Waals surface area contributed by atoms with Gasteiger partial charge in [0.15, 0.2) is 0 Å². The van der Waals surface area contributed by atoms with Gasteiger partial charge in [0.1, 0.15) is 11.5 Å². The Morgan fingerprint density at radius 3 is 2.75 bits per heavy atom. The number of hydrogen-bond donors (Lipinski definition) is 1. The molecule has 0 aliphatic heterocycles. The minimum absolute atomic E-state index is 0.430. The van der Waals surface area contributed by atoms with E-state index >= 15 is 0 Å². The molecule has 0 aromatic carbocycles. The summed E-state index contributed by atoms with van der Waals surface area (Å²) in [5.41, 5.74) is 0. The molecule has 4 unspecified atom stereocenters. The van der Waals surface area contributed by atoms with Crippen LogP contribution in [-0.4, -0.2) is 6.54 Å². The fourth-order valence-electron chi connectivity index (χ4n) is 4.36. The lowest BCUT2D eigenvalue weighted by atomic mass is 9.83. The van der Waals surface area contributed by atoms with Crippen LogP contribution in [0.25, 0.3) is 0 Å². The van der Waals surface area contributed by atoms with E-state index in [9.17, 15) is 0 Å². The van der Waals surface area contributed by atoms with Gasteiger partial charge in [-0.1, -0.05) is 20.3 Å². The molecule has 3 rings (SSSR count). The van der Waals surface area contributed by atoms with Crippen LogP contribution in [0.3, 0.4) is 0 Å². The van der Waals surface area contributed by atoms with Crippen molar-refractivity contribution in [2.75, 3.05) is 6.54 Å². The molecule has 2 aliphatic rings. The summed E-state index contributed by atoms with van der Waals surface area (Å²) in [5.74, 6) is 5.26. The van der Waals surface area contributed by atoms with Crippen LogP contribution in [0.4, 0.5) is 0 Å². The molecule has 2 saturated carbocycles. The van der Waals surface area contributed by atoms with E-state index in [0.29, 0.717) is 6.04 Å². The van der Waals surface area contributed by atoms with Crippen LogP contribution in [0.5, 0.6) is 0 Å². The monoisotopic (exact) mass is 275 g/mol. The van der Waals surface area contributed by atoms with E-state index in [1.165, 1.54) is 38.5 Å². The van der Waals surface area contributed by atoms with Crippen LogP contribution >= 0.6 is 0 Å². The molecule has 1 heterocycles. The molecule has 2 bridgehead atoms. The summed E-state index contributed by atoms with van der Waals surface area (Å²) in [6, 6.07) is 4.77. The summed E-state index contributed by atoms with van der Waals surface area (Å²) in [4.78, 5) is 0. The second-order valence-electron chi connectivity index (χ2n) is 6.83. The van der Waals surface area contributed by atoms with Gasteiger partial charge in [-0.15, -0.1) is 0 Å². The summed E-state index contributed by atoms with van der Waals surface area (Å²) in [6.45, 7) is 5.49. The van der Waals surface area contributed by atoms with Gasteiger partial charge >= 0.3 is 0 Å². The predicted octanol–water partition coefficient (Wildman–Crippen LogP) is 4.71. The number of aryl methyl sites for hydroxylation is 1. The Morgan fingerprint density at radius 1 is 1.25 bits per heavy atom. The number of nitrogens with one attached hydrogen (secondary N) is 1. The van der Waals surface area contributed by atoms with Crippen LogP contribution in [0.1, 0.15) is 69.9 Å². The van der Waals surface area contributed by atoms with Gasteiger partial charge in [-0.25, -0.2) is 0 Å². The van der Waals surface area contributed by atoms with Gasteiger partial charge in [0.05, 0.1) is 6.04 Å². The SMILES string of the molecule is CCCNC(CC1CC2CCC1C2)c1ccc(CC)o1. The largest absolute Gasteiger partial charge is 0.464 e. The van der Waals surface area contributed by atoms with E-state index in [1.54, 1.807) is 0 Å². The topological polar surface area (TPSA) is 25.2 Å². The molecule has 112 valence electrons. The van der Waals surface area contributed by atoms with Crippen molar-refractivity contribution in [2.45, 2.75) is 64.8 Å². The van der Waals surface area contributed by atoms with Crippen molar-refractivity contribution < 1.29 is 4.42 Å². The van der Waals surface area contributed by atoms with E-state index in [-0.39, 0.29) is 0 Å². The standard InChI is InChI=1S/C18H29NO/c1-3-9-19-17(18-8-7-16(4-2)20-18)12-15-11-13-5-6-14(15)10-13/h7-8,13-15,17,19H,3-6,9-12H2,1-2H3. The summed E-state index contributed by atoms with van der Waals surface area (Å²) in [7, 11) is 0. The molecule has 1 N–H and O–H groups in total. The van der Waals surface area contributed by atoms with E-state index in [0.717, 1.165) is 42.2 Å². The molecule has 4 atom stereocenters. The van der Waals surface area contributed by atoms with E-state index in [4.69, 9.17) is 4.42 Å². The maximum Gasteiger partial charge on any atom is 0.121 e. The number of fused-ring (bicyclic) bond motifs is 2. The van der Waals surface area contributed by atoms with E-state index in [2.05, 4.69) is 31.3 Å². The summed E-state index contributed by atoms with van der Waals surface area (Å²) in [6.07, 6.45) is 9.41. The van der Waals surface area contributed by atoms with Crippen LogP contribution < -0.4 is 5.32 Å². The van der Waals surface area contributed by atoms with Crippen LogP contribution in [0.15, 0.2) is 16.5 Å². The van der Waals surface area contributed by atoms with Crippen molar-refractivity contribution in [3.8, 4) is 0 Å². The van der Waals surface area contributed by atoms with Gasteiger partial charge in [0, 0.05) is 6.42 Å². The zero-order chi connectivity index (χ0) is 13.9. The summed E-state index contributed by atoms with van der Waals surface area (Å²) >= 11 is 0. The van der Waals surface area contributed by atoms with Crippen molar-refractivity contribution in [3.05, 3.63) is 23.7 Å². The molecule has 1 aromatic heterocycles. The molecule has 2 heteroatoms. The second kappa shape index (κ2) is 6.34. The molecular weight excluding hydrogens is 246 g/mol. The molecule has 2 nitrogen and oxygen atoms in total. The molecule has 0 spiro atoms. The quantitative estimate of drug-likeness (QED) is 0.779. The lowest BCUT2D eigenvalue weighted by molar-refractivity contribution is 0.261. The Labute approximate surface area is 123 Å². The van der Waals surface area contributed by atoms with E-state index in [1.807, 2.05) is 0 Å². The Bertz CT molecular complexity index is 425. The first-order chi connectivity index (χ1) is 9.80. The summed E-state index contributed by atoms with van der Waals surface area (Å²) < 4.78 is 6.02. The molecule has 0 saturated heterocycles. The van der Waals surface area contributed by atoms with Crippen LogP contribution in [0.2, 0.25) is 0 Å². The third-order valence-corrected chi connectivity index (χ3v) is 5.44. The number of hydrogen-bond acceptors (Lipinski definition) is 2. The first-order valence-electron chi connectivity index (χ1n) is 8.62. The minimum Gasteiger partial charge on any atom is -0.464 e. The maximum absolute atomic E-state index is 6.02. The van der Waals surface area contributed by atoms with Gasteiger partial charge in [-0.2, -0.15) is 0 Å². The Morgan fingerprint density at radius 2 is 2.15 bits per heavy atom. The normalized spacial score (nSPS) is 30.0. The van der Waals surface area contributed by atoms with Crippen molar-refractivity contribution in [1.82, 2.24) is 5.32 Å². The zero-order valence-electron chi connectivity index (χ0n) is 13.0. The molecule has 1 aromatic rings. The lowest BCUT2D eigenvalue weighted by Crippen LogP contribution is -2.26. The van der Waals surface area contributed by atoms with E-state index < -0.39 is 0 Å². The first kappa shape index (κ1) is 14.2. The van der Waals surface area contributed by atoms with Gasteiger partial charge < -0.3 is 9.73 Å². The highest BCUT2D eigenvalue weighted by molar-refractivity contribution is 5.11. The molecular formula is C18H29NO. The maximum atomic E-state index is 6.02. The Balaban J connectivity index is 1.66.